The standard InChI is InChI=1S/C12H18N2O4S/c1-4-19(16,17)13-8-10-5-6-12(18-3)11(7-10)14-9(2)15/h5-7,13H,4,8H2,1-3H3,(H,14,15). The summed E-state index contributed by atoms with van der Waals surface area (Å²) in [6, 6.07) is 5.10. The number of sulfonamides is 1. The molecule has 1 aromatic rings. The van der Waals surface area contributed by atoms with Crippen LogP contribution in [0, 0.1) is 0 Å². The van der Waals surface area contributed by atoms with Gasteiger partial charge in [-0.1, -0.05) is 6.07 Å². The summed E-state index contributed by atoms with van der Waals surface area (Å²) in [5, 5.41) is 2.63. The van der Waals surface area contributed by atoms with E-state index in [1.165, 1.54) is 14.0 Å². The first-order chi connectivity index (χ1) is 8.88. The van der Waals surface area contributed by atoms with Gasteiger partial charge in [-0.25, -0.2) is 13.1 Å². The lowest BCUT2D eigenvalue weighted by atomic mass is 10.2. The number of hydrogen-bond donors (Lipinski definition) is 2. The predicted octanol–water partition coefficient (Wildman–Crippen LogP) is 1.09. The molecule has 1 amide bonds. The fraction of sp³-hybridized carbons (Fsp3) is 0.417. The van der Waals surface area contributed by atoms with Crippen LogP contribution < -0.4 is 14.8 Å². The molecule has 0 unspecified atom stereocenters. The van der Waals surface area contributed by atoms with Crippen LogP contribution in [0.15, 0.2) is 18.2 Å². The molecule has 0 aliphatic rings. The first-order valence-electron chi connectivity index (χ1n) is 5.79. The second-order valence-corrected chi connectivity index (χ2v) is 6.04. The summed E-state index contributed by atoms with van der Waals surface area (Å²) in [4.78, 5) is 11.1. The zero-order valence-electron chi connectivity index (χ0n) is 11.2. The monoisotopic (exact) mass is 286 g/mol. The molecular formula is C12H18N2O4S. The van der Waals surface area contributed by atoms with Gasteiger partial charge in [-0.2, -0.15) is 0 Å². The van der Waals surface area contributed by atoms with Crippen LogP contribution in [0.4, 0.5) is 5.69 Å². The third kappa shape index (κ3) is 4.88. The number of methoxy groups -OCH3 is 1. The van der Waals surface area contributed by atoms with E-state index in [0.717, 1.165) is 5.56 Å². The molecule has 0 aliphatic carbocycles. The molecule has 0 fully saturated rings. The Morgan fingerprint density at radius 1 is 1.37 bits per heavy atom. The summed E-state index contributed by atoms with van der Waals surface area (Å²) in [6.07, 6.45) is 0. The lowest BCUT2D eigenvalue weighted by molar-refractivity contribution is -0.114. The normalized spacial score (nSPS) is 11.1. The van der Waals surface area contributed by atoms with Crippen molar-refractivity contribution in [2.24, 2.45) is 0 Å². The number of carbonyl (C=O) groups excluding carboxylic acids is 1. The van der Waals surface area contributed by atoms with Crippen molar-refractivity contribution in [2.75, 3.05) is 18.2 Å². The molecule has 0 heterocycles. The van der Waals surface area contributed by atoms with E-state index in [4.69, 9.17) is 4.74 Å². The van der Waals surface area contributed by atoms with E-state index >= 15 is 0 Å². The van der Waals surface area contributed by atoms with E-state index < -0.39 is 10.0 Å². The van der Waals surface area contributed by atoms with E-state index in [-0.39, 0.29) is 18.2 Å². The van der Waals surface area contributed by atoms with Gasteiger partial charge in [-0.3, -0.25) is 4.79 Å². The Bertz CT molecular complexity index is 555. The van der Waals surface area contributed by atoms with Crippen molar-refractivity contribution in [3.63, 3.8) is 0 Å². The predicted molar refractivity (Wildman–Crippen MR) is 73.6 cm³/mol. The molecule has 0 spiro atoms. The number of carbonyl (C=O) groups is 1. The van der Waals surface area contributed by atoms with Gasteiger partial charge < -0.3 is 10.1 Å². The molecule has 1 aromatic carbocycles. The van der Waals surface area contributed by atoms with Gasteiger partial charge in [0, 0.05) is 13.5 Å². The highest BCUT2D eigenvalue weighted by molar-refractivity contribution is 7.89. The van der Waals surface area contributed by atoms with Gasteiger partial charge in [0.05, 0.1) is 18.6 Å². The molecule has 7 heteroatoms. The SMILES string of the molecule is CCS(=O)(=O)NCc1ccc(OC)c(NC(C)=O)c1. The largest absolute Gasteiger partial charge is 0.495 e. The van der Waals surface area contributed by atoms with Gasteiger partial charge in [-0.05, 0) is 24.6 Å². The lowest BCUT2D eigenvalue weighted by Gasteiger charge is -2.11. The van der Waals surface area contributed by atoms with Crippen molar-refractivity contribution in [1.82, 2.24) is 4.72 Å². The van der Waals surface area contributed by atoms with Crippen molar-refractivity contribution >= 4 is 21.6 Å². The Balaban J connectivity index is 2.89. The molecule has 0 atom stereocenters. The van der Waals surface area contributed by atoms with Gasteiger partial charge in [0.1, 0.15) is 5.75 Å². The van der Waals surface area contributed by atoms with Crippen LogP contribution in [0.1, 0.15) is 19.4 Å². The number of anilines is 1. The van der Waals surface area contributed by atoms with E-state index in [9.17, 15) is 13.2 Å². The quantitative estimate of drug-likeness (QED) is 0.820. The zero-order valence-corrected chi connectivity index (χ0v) is 12.0. The van der Waals surface area contributed by atoms with Crippen LogP contribution in [0.2, 0.25) is 0 Å². The molecule has 0 bridgehead atoms. The minimum absolute atomic E-state index is 0.0295. The first-order valence-corrected chi connectivity index (χ1v) is 7.45. The molecule has 106 valence electrons. The van der Waals surface area contributed by atoms with Crippen LogP contribution in [0.5, 0.6) is 5.75 Å². The second kappa shape index (κ2) is 6.53. The van der Waals surface area contributed by atoms with Crippen LogP contribution in [-0.2, 0) is 21.4 Å². The van der Waals surface area contributed by atoms with E-state index in [2.05, 4.69) is 10.0 Å². The molecule has 2 N–H and O–H groups in total. The molecule has 1 rings (SSSR count). The molecule has 0 saturated heterocycles. The van der Waals surface area contributed by atoms with Crippen molar-refractivity contribution < 1.29 is 17.9 Å². The Morgan fingerprint density at radius 2 is 2.05 bits per heavy atom. The highest BCUT2D eigenvalue weighted by Crippen LogP contribution is 2.25. The fourth-order valence-electron chi connectivity index (χ4n) is 1.45. The average Bonchev–Trinajstić information content (AvgIpc) is 2.36. The molecule has 0 radical (unpaired) electrons. The van der Waals surface area contributed by atoms with Crippen molar-refractivity contribution in [1.29, 1.82) is 0 Å². The van der Waals surface area contributed by atoms with Crippen molar-refractivity contribution in [3.8, 4) is 5.75 Å². The number of nitrogens with one attached hydrogen (secondary N) is 2. The Hall–Kier alpha value is -1.60. The van der Waals surface area contributed by atoms with E-state index in [0.29, 0.717) is 11.4 Å². The van der Waals surface area contributed by atoms with Crippen LogP contribution >= 0.6 is 0 Å². The summed E-state index contributed by atoms with van der Waals surface area (Å²) < 4.78 is 30.3. The number of hydrogen-bond acceptors (Lipinski definition) is 4. The van der Waals surface area contributed by atoms with Gasteiger partial charge in [0.15, 0.2) is 0 Å². The van der Waals surface area contributed by atoms with Crippen LogP contribution in [0.3, 0.4) is 0 Å². The van der Waals surface area contributed by atoms with Gasteiger partial charge >= 0.3 is 0 Å². The van der Waals surface area contributed by atoms with Crippen LogP contribution in [0.25, 0.3) is 0 Å². The van der Waals surface area contributed by atoms with Crippen molar-refractivity contribution in [3.05, 3.63) is 23.8 Å². The third-order valence-corrected chi connectivity index (χ3v) is 3.80. The smallest absolute Gasteiger partial charge is 0.221 e. The summed E-state index contributed by atoms with van der Waals surface area (Å²) in [5.41, 5.74) is 1.25. The molecule has 0 aliphatic heterocycles. The Labute approximate surface area is 113 Å². The maximum atomic E-state index is 11.4. The highest BCUT2D eigenvalue weighted by atomic mass is 32.2. The minimum atomic E-state index is -3.24. The summed E-state index contributed by atoms with van der Waals surface area (Å²) >= 11 is 0. The summed E-state index contributed by atoms with van der Waals surface area (Å²) in [7, 11) is -1.74. The third-order valence-electron chi connectivity index (χ3n) is 2.45. The number of amides is 1. The van der Waals surface area contributed by atoms with E-state index in [1.54, 1.807) is 25.1 Å². The molecule has 0 aromatic heterocycles. The second-order valence-electron chi connectivity index (χ2n) is 3.94. The molecule has 0 saturated carbocycles. The van der Waals surface area contributed by atoms with Crippen molar-refractivity contribution in [2.45, 2.75) is 20.4 Å². The molecule has 6 nitrogen and oxygen atoms in total. The van der Waals surface area contributed by atoms with E-state index in [1.807, 2.05) is 0 Å². The molecular weight excluding hydrogens is 268 g/mol. The first kappa shape index (κ1) is 15.5. The zero-order chi connectivity index (χ0) is 14.5. The minimum Gasteiger partial charge on any atom is -0.495 e. The number of benzene rings is 1. The summed E-state index contributed by atoms with van der Waals surface area (Å²) in [6.45, 7) is 3.14. The molecule has 19 heavy (non-hydrogen) atoms. The fourth-order valence-corrected chi connectivity index (χ4v) is 2.04. The number of ether oxygens (including phenoxy) is 1. The average molecular weight is 286 g/mol. The summed E-state index contributed by atoms with van der Waals surface area (Å²) in [5.74, 6) is 0.337. The Kier molecular flexibility index (Phi) is 5.31. The van der Waals surface area contributed by atoms with Gasteiger partial charge in [0.2, 0.25) is 15.9 Å². The van der Waals surface area contributed by atoms with Gasteiger partial charge in [-0.15, -0.1) is 0 Å². The maximum absolute atomic E-state index is 11.4. The lowest BCUT2D eigenvalue weighted by Crippen LogP contribution is -2.24. The number of rotatable bonds is 6. The highest BCUT2D eigenvalue weighted by Gasteiger charge is 2.09. The van der Waals surface area contributed by atoms with Crippen LogP contribution in [-0.4, -0.2) is 27.2 Å². The maximum Gasteiger partial charge on any atom is 0.221 e. The Morgan fingerprint density at radius 3 is 2.58 bits per heavy atom. The topological polar surface area (TPSA) is 84.5 Å². The van der Waals surface area contributed by atoms with Gasteiger partial charge in [0.25, 0.3) is 0 Å².